The topological polar surface area (TPSA) is 110 Å². The van der Waals surface area contributed by atoms with E-state index in [1.807, 2.05) is 24.3 Å². The summed E-state index contributed by atoms with van der Waals surface area (Å²) in [6, 6.07) is 7.66. The second kappa shape index (κ2) is 7.12. The van der Waals surface area contributed by atoms with Crippen LogP contribution in [-0.4, -0.2) is 68.5 Å². The van der Waals surface area contributed by atoms with Crippen molar-refractivity contribution in [3.8, 4) is 12.3 Å². The van der Waals surface area contributed by atoms with Crippen LogP contribution in [0.3, 0.4) is 0 Å². The first-order valence-electron chi connectivity index (χ1n) is 8.15. The van der Waals surface area contributed by atoms with Gasteiger partial charge in [0.15, 0.2) is 6.10 Å². The SMILES string of the molecule is C#CCN(C1OC(C(=O)O)C(O)C(O)C1O)[C@@H]1CCc2ccccc21. The molecule has 5 unspecified atom stereocenters. The first kappa shape index (κ1) is 17.9. The van der Waals surface area contributed by atoms with Gasteiger partial charge in [0.2, 0.25) is 0 Å². The Labute approximate surface area is 145 Å². The zero-order chi connectivity index (χ0) is 18.1. The van der Waals surface area contributed by atoms with Gasteiger partial charge in [0, 0.05) is 6.04 Å². The monoisotopic (exact) mass is 347 g/mol. The number of benzene rings is 1. The molecule has 1 aliphatic heterocycles. The molecule has 0 spiro atoms. The fraction of sp³-hybridized carbons (Fsp3) is 0.500. The molecule has 3 rings (SSSR count). The molecule has 0 aromatic heterocycles. The summed E-state index contributed by atoms with van der Waals surface area (Å²) in [5.74, 6) is 1.10. The number of fused-ring (bicyclic) bond motifs is 1. The average molecular weight is 347 g/mol. The zero-order valence-electron chi connectivity index (χ0n) is 13.5. The van der Waals surface area contributed by atoms with E-state index in [9.17, 15) is 25.2 Å². The molecule has 1 aromatic rings. The van der Waals surface area contributed by atoms with Crippen molar-refractivity contribution in [2.24, 2.45) is 0 Å². The highest BCUT2D eigenvalue weighted by molar-refractivity contribution is 5.73. The van der Waals surface area contributed by atoms with Crippen LogP contribution < -0.4 is 0 Å². The number of aliphatic carboxylic acids is 1. The van der Waals surface area contributed by atoms with Gasteiger partial charge in [0.1, 0.15) is 24.5 Å². The summed E-state index contributed by atoms with van der Waals surface area (Å²) in [6.45, 7) is 0.107. The van der Waals surface area contributed by atoms with Crippen LogP contribution in [0.4, 0.5) is 0 Å². The van der Waals surface area contributed by atoms with E-state index in [2.05, 4.69) is 5.92 Å². The highest BCUT2D eigenvalue weighted by atomic mass is 16.6. The largest absolute Gasteiger partial charge is 0.479 e. The van der Waals surface area contributed by atoms with Gasteiger partial charge in [-0.15, -0.1) is 6.42 Å². The molecule has 134 valence electrons. The summed E-state index contributed by atoms with van der Waals surface area (Å²) < 4.78 is 5.46. The van der Waals surface area contributed by atoms with Gasteiger partial charge in [-0.25, -0.2) is 4.79 Å². The lowest BCUT2D eigenvalue weighted by molar-refractivity contribution is -0.263. The van der Waals surface area contributed by atoms with Crippen molar-refractivity contribution in [1.29, 1.82) is 0 Å². The number of terminal acetylenes is 1. The minimum Gasteiger partial charge on any atom is -0.479 e. The molecular weight excluding hydrogens is 326 g/mol. The number of hydrogen-bond acceptors (Lipinski definition) is 6. The maximum atomic E-state index is 11.3. The second-order valence-electron chi connectivity index (χ2n) is 6.39. The van der Waals surface area contributed by atoms with Crippen molar-refractivity contribution in [1.82, 2.24) is 4.90 Å². The van der Waals surface area contributed by atoms with E-state index in [0.29, 0.717) is 0 Å². The lowest BCUT2D eigenvalue weighted by Crippen LogP contribution is -2.64. The lowest BCUT2D eigenvalue weighted by atomic mass is 9.96. The number of carbonyl (C=O) groups is 1. The Morgan fingerprint density at radius 3 is 2.64 bits per heavy atom. The standard InChI is InChI=1S/C18H21NO6/c1-2-9-19(12-8-7-10-5-3-4-6-11(10)12)17-15(22)13(20)14(21)16(25-17)18(23)24/h1,3-6,12-17,20-22H,7-9H2,(H,23,24)/t12-,13?,14?,15?,16?,17?/m1/s1. The van der Waals surface area contributed by atoms with Crippen molar-refractivity contribution in [2.45, 2.75) is 49.5 Å². The molecule has 0 bridgehead atoms. The summed E-state index contributed by atoms with van der Waals surface area (Å²) in [4.78, 5) is 13.0. The van der Waals surface area contributed by atoms with Gasteiger partial charge in [-0.1, -0.05) is 30.2 Å². The van der Waals surface area contributed by atoms with Gasteiger partial charge < -0.3 is 25.2 Å². The number of nitrogens with zero attached hydrogens (tertiary/aromatic N) is 1. The Morgan fingerprint density at radius 2 is 1.96 bits per heavy atom. The van der Waals surface area contributed by atoms with Crippen molar-refractivity contribution in [3.05, 3.63) is 35.4 Å². The summed E-state index contributed by atoms with van der Waals surface area (Å²) in [5.41, 5.74) is 2.20. The van der Waals surface area contributed by atoms with Gasteiger partial charge in [0.25, 0.3) is 0 Å². The highest BCUT2D eigenvalue weighted by Crippen LogP contribution is 2.38. The first-order chi connectivity index (χ1) is 12.0. The van der Waals surface area contributed by atoms with Crippen LogP contribution in [-0.2, 0) is 16.0 Å². The Hall–Kier alpha value is -1.95. The predicted molar refractivity (Wildman–Crippen MR) is 87.4 cm³/mol. The smallest absolute Gasteiger partial charge is 0.335 e. The predicted octanol–water partition coefficient (Wildman–Crippen LogP) is -0.499. The Morgan fingerprint density at radius 1 is 1.24 bits per heavy atom. The normalized spacial score (nSPS) is 34.5. The first-order valence-corrected chi connectivity index (χ1v) is 8.15. The van der Waals surface area contributed by atoms with Crippen LogP contribution in [0.15, 0.2) is 24.3 Å². The number of hydrogen-bond donors (Lipinski definition) is 4. The number of aliphatic hydroxyl groups excluding tert-OH is 3. The molecule has 0 saturated carbocycles. The summed E-state index contributed by atoms with van der Waals surface area (Å²) in [5, 5.41) is 39.5. The molecule has 1 saturated heterocycles. The number of carboxylic acid groups (broad SMARTS) is 1. The van der Waals surface area contributed by atoms with Gasteiger partial charge in [-0.05, 0) is 24.0 Å². The fourth-order valence-corrected chi connectivity index (χ4v) is 3.70. The molecule has 6 atom stereocenters. The third-order valence-electron chi connectivity index (χ3n) is 4.93. The molecule has 1 aliphatic carbocycles. The van der Waals surface area contributed by atoms with E-state index < -0.39 is 36.6 Å². The third-order valence-corrected chi connectivity index (χ3v) is 4.93. The minimum absolute atomic E-state index is 0.107. The molecular formula is C18H21NO6. The second-order valence-corrected chi connectivity index (χ2v) is 6.39. The Balaban J connectivity index is 1.92. The number of aliphatic hydroxyl groups is 3. The van der Waals surface area contributed by atoms with Gasteiger partial charge >= 0.3 is 5.97 Å². The molecule has 2 aliphatic rings. The van der Waals surface area contributed by atoms with Crippen molar-refractivity contribution < 1.29 is 30.0 Å². The molecule has 1 fully saturated rings. The van der Waals surface area contributed by atoms with E-state index in [-0.39, 0.29) is 12.6 Å². The number of aryl methyl sites for hydroxylation is 1. The van der Waals surface area contributed by atoms with Gasteiger partial charge in [-0.3, -0.25) is 4.90 Å². The molecule has 1 heterocycles. The third kappa shape index (κ3) is 3.15. The maximum absolute atomic E-state index is 11.3. The quantitative estimate of drug-likeness (QED) is 0.544. The van der Waals surface area contributed by atoms with E-state index in [1.165, 1.54) is 0 Å². The summed E-state index contributed by atoms with van der Waals surface area (Å²) in [7, 11) is 0. The number of rotatable bonds is 4. The molecule has 0 amide bonds. The van der Waals surface area contributed by atoms with Crippen LogP contribution in [0, 0.1) is 12.3 Å². The molecule has 7 heteroatoms. The molecule has 4 N–H and O–H groups in total. The maximum Gasteiger partial charge on any atom is 0.335 e. The van der Waals surface area contributed by atoms with Crippen molar-refractivity contribution >= 4 is 5.97 Å². The van der Waals surface area contributed by atoms with Crippen LogP contribution >= 0.6 is 0 Å². The van der Waals surface area contributed by atoms with Crippen LogP contribution in [0.25, 0.3) is 0 Å². The molecule has 0 radical (unpaired) electrons. The molecule has 7 nitrogen and oxygen atoms in total. The number of carboxylic acids is 1. The van der Waals surface area contributed by atoms with Gasteiger partial charge in [-0.2, -0.15) is 0 Å². The fourth-order valence-electron chi connectivity index (χ4n) is 3.70. The summed E-state index contributed by atoms with van der Waals surface area (Å²) >= 11 is 0. The average Bonchev–Trinajstić information content (AvgIpc) is 3.02. The van der Waals surface area contributed by atoms with E-state index in [0.717, 1.165) is 24.0 Å². The van der Waals surface area contributed by atoms with E-state index >= 15 is 0 Å². The Bertz CT molecular complexity index is 686. The van der Waals surface area contributed by atoms with Crippen LogP contribution in [0.5, 0.6) is 0 Å². The number of ether oxygens (including phenoxy) is 1. The highest BCUT2D eigenvalue weighted by Gasteiger charge is 2.50. The van der Waals surface area contributed by atoms with Crippen molar-refractivity contribution in [2.75, 3.05) is 6.54 Å². The van der Waals surface area contributed by atoms with Crippen LogP contribution in [0.1, 0.15) is 23.6 Å². The van der Waals surface area contributed by atoms with E-state index in [1.54, 1.807) is 4.90 Å². The Kier molecular flexibility index (Phi) is 5.08. The zero-order valence-corrected chi connectivity index (χ0v) is 13.5. The summed E-state index contributed by atoms with van der Waals surface area (Å²) in [6.07, 6.45) is -0.568. The minimum atomic E-state index is -1.72. The molecule has 1 aromatic carbocycles. The lowest BCUT2D eigenvalue weighted by Gasteiger charge is -2.45. The van der Waals surface area contributed by atoms with Gasteiger partial charge in [0.05, 0.1) is 6.54 Å². The molecule has 25 heavy (non-hydrogen) atoms. The van der Waals surface area contributed by atoms with Crippen molar-refractivity contribution in [3.63, 3.8) is 0 Å². The van der Waals surface area contributed by atoms with E-state index in [4.69, 9.17) is 11.2 Å². The van der Waals surface area contributed by atoms with Crippen LogP contribution in [0.2, 0.25) is 0 Å².